The Morgan fingerprint density at radius 2 is 2.05 bits per heavy atom. The highest BCUT2D eigenvalue weighted by Gasteiger charge is 2.20. The van der Waals surface area contributed by atoms with Gasteiger partial charge in [0.2, 0.25) is 6.41 Å². The van der Waals surface area contributed by atoms with Crippen molar-refractivity contribution in [3.05, 3.63) is 23.4 Å². The van der Waals surface area contributed by atoms with Crippen LogP contribution in [0.25, 0.3) is 0 Å². The molecule has 0 aromatic carbocycles. The van der Waals surface area contributed by atoms with Crippen molar-refractivity contribution in [3.63, 3.8) is 0 Å². The van der Waals surface area contributed by atoms with Gasteiger partial charge in [-0.05, 0) is 64.9 Å². The summed E-state index contributed by atoms with van der Waals surface area (Å²) in [4.78, 5) is 15.5. The molecule has 0 aromatic heterocycles. The van der Waals surface area contributed by atoms with Crippen LogP contribution in [0.1, 0.15) is 32.1 Å². The molecular weight excluding hydrogens is 250 g/mol. The zero-order chi connectivity index (χ0) is 14.4. The van der Waals surface area contributed by atoms with Gasteiger partial charge >= 0.3 is 0 Å². The number of nitrogens with one attached hydrogen (secondary N) is 1. The lowest BCUT2D eigenvalue weighted by Crippen LogP contribution is -2.42. The van der Waals surface area contributed by atoms with Crippen LogP contribution in [0.2, 0.25) is 0 Å². The summed E-state index contributed by atoms with van der Waals surface area (Å²) in [5, 5.41) is 2.83. The Hall–Kier alpha value is -1.13. The SMILES string of the molecule is CN1CCC(N(C)CCC2=CCCC=C2NC=O)CC1. The third-order valence-electron chi connectivity index (χ3n) is 4.51. The van der Waals surface area contributed by atoms with Crippen LogP contribution in [0, 0.1) is 0 Å². The monoisotopic (exact) mass is 277 g/mol. The first kappa shape index (κ1) is 15.3. The van der Waals surface area contributed by atoms with Crippen molar-refractivity contribution in [2.75, 3.05) is 33.7 Å². The molecule has 0 saturated carbocycles. The number of rotatable bonds is 6. The molecule has 1 saturated heterocycles. The normalized spacial score (nSPS) is 21.6. The molecule has 0 aromatic rings. The zero-order valence-electron chi connectivity index (χ0n) is 12.8. The Balaban J connectivity index is 1.80. The van der Waals surface area contributed by atoms with E-state index in [-0.39, 0.29) is 0 Å². The summed E-state index contributed by atoms with van der Waals surface area (Å²) in [5.74, 6) is 0. The second-order valence-corrected chi connectivity index (χ2v) is 5.95. The fourth-order valence-electron chi connectivity index (χ4n) is 3.09. The minimum absolute atomic E-state index is 0.710. The molecule has 4 heteroatoms. The van der Waals surface area contributed by atoms with Crippen LogP contribution in [-0.4, -0.2) is 56.0 Å². The minimum Gasteiger partial charge on any atom is -0.329 e. The zero-order valence-corrected chi connectivity index (χ0v) is 12.8. The fourth-order valence-corrected chi connectivity index (χ4v) is 3.09. The fraction of sp³-hybridized carbons (Fsp3) is 0.688. The second kappa shape index (κ2) is 7.60. The van der Waals surface area contributed by atoms with Crippen molar-refractivity contribution in [1.82, 2.24) is 15.1 Å². The lowest BCUT2D eigenvalue weighted by atomic mass is 9.99. The Bertz CT molecular complexity index is 381. The van der Waals surface area contributed by atoms with Gasteiger partial charge in [-0.15, -0.1) is 0 Å². The standard InChI is InChI=1S/C16H27N3O/c1-18-10-8-15(9-11-18)19(2)12-7-14-5-3-4-6-16(14)17-13-20/h5-6,13,15H,3-4,7-12H2,1-2H3,(H,17,20). The van der Waals surface area contributed by atoms with E-state index in [4.69, 9.17) is 0 Å². The van der Waals surface area contributed by atoms with Crippen LogP contribution in [-0.2, 0) is 4.79 Å². The summed E-state index contributed by atoms with van der Waals surface area (Å²) in [6, 6.07) is 0.710. The molecule has 1 N–H and O–H groups in total. The van der Waals surface area contributed by atoms with Gasteiger partial charge in [-0.1, -0.05) is 12.2 Å². The number of hydrogen-bond donors (Lipinski definition) is 1. The van der Waals surface area contributed by atoms with Crippen molar-refractivity contribution >= 4 is 6.41 Å². The summed E-state index contributed by atoms with van der Waals surface area (Å²) in [6.07, 6.45) is 10.9. The topological polar surface area (TPSA) is 35.6 Å². The Morgan fingerprint density at radius 1 is 1.35 bits per heavy atom. The first-order valence-corrected chi connectivity index (χ1v) is 7.69. The smallest absolute Gasteiger partial charge is 0.211 e. The van der Waals surface area contributed by atoms with Crippen LogP contribution < -0.4 is 5.32 Å². The maximum Gasteiger partial charge on any atom is 0.211 e. The minimum atomic E-state index is 0.710. The first-order valence-electron chi connectivity index (χ1n) is 7.69. The molecule has 4 nitrogen and oxygen atoms in total. The van der Waals surface area contributed by atoms with Crippen molar-refractivity contribution < 1.29 is 4.79 Å². The predicted molar refractivity (Wildman–Crippen MR) is 82.4 cm³/mol. The van der Waals surface area contributed by atoms with E-state index in [9.17, 15) is 4.79 Å². The molecule has 20 heavy (non-hydrogen) atoms. The lowest BCUT2D eigenvalue weighted by Gasteiger charge is -2.35. The van der Waals surface area contributed by atoms with Gasteiger partial charge < -0.3 is 15.1 Å². The summed E-state index contributed by atoms with van der Waals surface area (Å²) in [7, 11) is 4.43. The summed E-state index contributed by atoms with van der Waals surface area (Å²) >= 11 is 0. The number of likely N-dealkylation sites (tertiary alicyclic amines) is 1. The third-order valence-corrected chi connectivity index (χ3v) is 4.51. The second-order valence-electron chi connectivity index (χ2n) is 5.95. The molecule has 0 spiro atoms. The lowest BCUT2D eigenvalue weighted by molar-refractivity contribution is -0.108. The number of nitrogens with zero attached hydrogens (tertiary/aromatic N) is 2. The molecule has 0 bridgehead atoms. The summed E-state index contributed by atoms with van der Waals surface area (Å²) < 4.78 is 0. The molecule has 1 aliphatic heterocycles. The summed E-state index contributed by atoms with van der Waals surface area (Å²) in [6.45, 7) is 3.48. The number of carbonyl (C=O) groups is 1. The molecule has 0 unspecified atom stereocenters. The molecule has 0 atom stereocenters. The molecule has 112 valence electrons. The van der Waals surface area contributed by atoms with Gasteiger partial charge in [0.05, 0.1) is 0 Å². The highest BCUT2D eigenvalue weighted by molar-refractivity contribution is 5.54. The van der Waals surface area contributed by atoms with Crippen molar-refractivity contribution in [1.29, 1.82) is 0 Å². The van der Waals surface area contributed by atoms with E-state index in [0.29, 0.717) is 6.04 Å². The van der Waals surface area contributed by atoms with Crippen LogP contribution in [0.4, 0.5) is 0 Å². The largest absolute Gasteiger partial charge is 0.329 e. The summed E-state index contributed by atoms with van der Waals surface area (Å²) in [5.41, 5.74) is 2.31. The Morgan fingerprint density at radius 3 is 2.75 bits per heavy atom. The number of piperidine rings is 1. The van der Waals surface area contributed by atoms with Gasteiger partial charge in [-0.3, -0.25) is 4.79 Å². The molecule has 2 aliphatic rings. The van der Waals surface area contributed by atoms with Crippen LogP contribution in [0.5, 0.6) is 0 Å². The van der Waals surface area contributed by atoms with Gasteiger partial charge in [0.15, 0.2) is 0 Å². The number of carbonyl (C=O) groups excluding carboxylic acids is 1. The molecule has 0 radical (unpaired) electrons. The van der Waals surface area contributed by atoms with E-state index in [0.717, 1.165) is 37.9 Å². The van der Waals surface area contributed by atoms with Crippen molar-refractivity contribution in [3.8, 4) is 0 Å². The maximum absolute atomic E-state index is 10.6. The number of allylic oxidation sites excluding steroid dienone is 3. The highest BCUT2D eigenvalue weighted by Crippen LogP contribution is 2.21. The Labute approximate surface area is 122 Å². The van der Waals surface area contributed by atoms with Crippen molar-refractivity contribution in [2.24, 2.45) is 0 Å². The quantitative estimate of drug-likeness (QED) is 0.751. The highest BCUT2D eigenvalue weighted by atomic mass is 16.1. The number of amides is 1. The molecule has 1 amide bonds. The van der Waals surface area contributed by atoms with Gasteiger partial charge in [-0.2, -0.15) is 0 Å². The van der Waals surface area contributed by atoms with Gasteiger partial charge in [0.25, 0.3) is 0 Å². The van der Waals surface area contributed by atoms with Gasteiger partial charge in [-0.25, -0.2) is 0 Å². The maximum atomic E-state index is 10.6. The Kier molecular flexibility index (Phi) is 5.80. The van der Waals surface area contributed by atoms with Gasteiger partial charge in [0, 0.05) is 18.3 Å². The number of hydrogen-bond acceptors (Lipinski definition) is 3. The van der Waals surface area contributed by atoms with Crippen LogP contribution in [0.15, 0.2) is 23.4 Å². The van der Waals surface area contributed by atoms with E-state index in [1.807, 2.05) is 0 Å². The average molecular weight is 277 g/mol. The third kappa shape index (κ3) is 4.18. The molecule has 1 aliphatic carbocycles. The molecule has 1 fully saturated rings. The van der Waals surface area contributed by atoms with E-state index in [1.165, 1.54) is 31.5 Å². The van der Waals surface area contributed by atoms with Crippen molar-refractivity contribution in [2.45, 2.75) is 38.1 Å². The van der Waals surface area contributed by atoms with E-state index in [2.05, 4.69) is 41.4 Å². The molecular formula is C16H27N3O. The van der Waals surface area contributed by atoms with Gasteiger partial charge in [0.1, 0.15) is 0 Å². The first-order chi connectivity index (χ1) is 9.70. The average Bonchev–Trinajstić information content (AvgIpc) is 2.47. The molecule has 1 heterocycles. The van der Waals surface area contributed by atoms with E-state index < -0.39 is 0 Å². The van der Waals surface area contributed by atoms with E-state index >= 15 is 0 Å². The van der Waals surface area contributed by atoms with Crippen LogP contribution >= 0.6 is 0 Å². The van der Waals surface area contributed by atoms with E-state index in [1.54, 1.807) is 0 Å². The predicted octanol–water partition coefficient (Wildman–Crippen LogP) is 1.75. The van der Waals surface area contributed by atoms with Crippen LogP contribution in [0.3, 0.4) is 0 Å². The molecule has 2 rings (SSSR count).